The van der Waals surface area contributed by atoms with Gasteiger partial charge in [0.1, 0.15) is 5.82 Å². The van der Waals surface area contributed by atoms with Crippen LogP contribution >= 0.6 is 0 Å². The average molecular weight is 163 g/mol. The lowest BCUT2D eigenvalue weighted by Crippen LogP contribution is -1.92. The molecule has 12 heavy (non-hydrogen) atoms. The Balaban J connectivity index is 2.83. The molecule has 0 bridgehead atoms. The predicted molar refractivity (Wildman–Crippen MR) is 47.6 cm³/mol. The number of benzene rings is 1. The molecule has 0 saturated heterocycles. The summed E-state index contributed by atoms with van der Waals surface area (Å²) in [5.41, 5.74) is 0.708. The molecule has 2 aromatic rings. The van der Waals surface area contributed by atoms with Gasteiger partial charge in [-0.25, -0.2) is 4.39 Å². The molecular formula is C10H10FN. The van der Waals surface area contributed by atoms with Crippen LogP contribution in [-0.2, 0) is 6.54 Å². The quantitative estimate of drug-likeness (QED) is 0.609. The van der Waals surface area contributed by atoms with Crippen molar-refractivity contribution in [2.24, 2.45) is 0 Å². The van der Waals surface area contributed by atoms with Crippen molar-refractivity contribution < 1.29 is 4.39 Å². The molecule has 1 aromatic carbocycles. The molecule has 2 rings (SSSR count). The molecular weight excluding hydrogens is 153 g/mol. The molecule has 0 unspecified atom stereocenters. The van der Waals surface area contributed by atoms with Crippen LogP contribution in [0.25, 0.3) is 10.9 Å². The van der Waals surface area contributed by atoms with Gasteiger partial charge >= 0.3 is 0 Å². The zero-order valence-electron chi connectivity index (χ0n) is 6.92. The van der Waals surface area contributed by atoms with E-state index >= 15 is 0 Å². The van der Waals surface area contributed by atoms with E-state index in [1.54, 1.807) is 6.07 Å². The molecule has 1 nitrogen and oxygen atoms in total. The molecule has 0 atom stereocenters. The van der Waals surface area contributed by atoms with Crippen LogP contribution < -0.4 is 0 Å². The summed E-state index contributed by atoms with van der Waals surface area (Å²) in [6, 6.07) is 7.08. The summed E-state index contributed by atoms with van der Waals surface area (Å²) >= 11 is 0. The summed E-state index contributed by atoms with van der Waals surface area (Å²) in [5, 5.41) is 0.969. The zero-order valence-corrected chi connectivity index (χ0v) is 6.92. The van der Waals surface area contributed by atoms with E-state index in [2.05, 4.69) is 0 Å². The Morgan fingerprint density at radius 3 is 2.92 bits per heavy atom. The third-order valence-electron chi connectivity index (χ3n) is 2.08. The highest BCUT2D eigenvalue weighted by molar-refractivity contribution is 5.80. The van der Waals surface area contributed by atoms with Gasteiger partial charge in [0.2, 0.25) is 0 Å². The van der Waals surface area contributed by atoms with Gasteiger partial charge in [-0.1, -0.05) is 12.1 Å². The van der Waals surface area contributed by atoms with Crippen molar-refractivity contribution in [2.45, 2.75) is 13.5 Å². The Bertz CT molecular complexity index is 403. The van der Waals surface area contributed by atoms with Crippen molar-refractivity contribution in [1.82, 2.24) is 4.57 Å². The summed E-state index contributed by atoms with van der Waals surface area (Å²) in [4.78, 5) is 0. The molecule has 0 amide bonds. The highest BCUT2D eigenvalue weighted by Crippen LogP contribution is 2.18. The van der Waals surface area contributed by atoms with Crippen molar-refractivity contribution in [3.63, 3.8) is 0 Å². The maximum atomic E-state index is 13.2. The number of hydrogen-bond acceptors (Lipinski definition) is 0. The summed E-state index contributed by atoms with van der Waals surface area (Å²) < 4.78 is 15.2. The monoisotopic (exact) mass is 163 g/mol. The van der Waals surface area contributed by atoms with Crippen LogP contribution in [-0.4, -0.2) is 4.57 Å². The number of hydrogen-bond donors (Lipinski definition) is 0. The molecule has 0 aliphatic carbocycles. The number of aromatic nitrogens is 1. The molecule has 0 aliphatic heterocycles. The van der Waals surface area contributed by atoms with Crippen molar-refractivity contribution >= 4 is 10.9 Å². The Hall–Kier alpha value is -1.31. The molecule has 0 N–H and O–H groups in total. The molecule has 62 valence electrons. The fourth-order valence-corrected chi connectivity index (χ4v) is 1.48. The van der Waals surface area contributed by atoms with Crippen molar-refractivity contribution in [2.75, 3.05) is 0 Å². The van der Waals surface area contributed by atoms with Crippen molar-refractivity contribution in [3.05, 3.63) is 36.3 Å². The predicted octanol–water partition coefficient (Wildman–Crippen LogP) is 2.80. The van der Waals surface area contributed by atoms with Gasteiger partial charge in [-0.2, -0.15) is 0 Å². The van der Waals surface area contributed by atoms with Crippen LogP contribution in [0.3, 0.4) is 0 Å². The Labute approximate surface area is 70.4 Å². The number of aryl methyl sites for hydroxylation is 1. The third-order valence-corrected chi connectivity index (χ3v) is 2.08. The molecule has 2 heteroatoms. The van der Waals surface area contributed by atoms with Gasteiger partial charge in [0.05, 0.1) is 5.52 Å². The van der Waals surface area contributed by atoms with E-state index in [9.17, 15) is 4.39 Å². The van der Waals surface area contributed by atoms with Gasteiger partial charge < -0.3 is 4.57 Å². The van der Waals surface area contributed by atoms with E-state index < -0.39 is 0 Å². The normalized spacial score (nSPS) is 10.8. The molecule has 0 fully saturated rings. The minimum Gasteiger partial charge on any atom is -0.345 e. The van der Waals surface area contributed by atoms with Crippen LogP contribution in [0, 0.1) is 5.82 Å². The Morgan fingerprint density at radius 1 is 1.33 bits per heavy atom. The van der Waals surface area contributed by atoms with E-state index in [4.69, 9.17) is 0 Å². The van der Waals surface area contributed by atoms with E-state index in [1.165, 1.54) is 6.07 Å². The summed E-state index contributed by atoms with van der Waals surface area (Å²) in [6.45, 7) is 2.82. The molecule has 0 radical (unpaired) electrons. The van der Waals surface area contributed by atoms with Gasteiger partial charge in [-0.15, -0.1) is 0 Å². The fourth-order valence-electron chi connectivity index (χ4n) is 1.48. The fraction of sp³-hybridized carbons (Fsp3) is 0.200. The topological polar surface area (TPSA) is 4.93 Å². The third kappa shape index (κ3) is 0.916. The molecule has 0 spiro atoms. The van der Waals surface area contributed by atoms with Crippen molar-refractivity contribution in [1.29, 1.82) is 0 Å². The number of fused-ring (bicyclic) bond motifs is 1. The second-order valence-corrected chi connectivity index (χ2v) is 2.78. The highest BCUT2D eigenvalue weighted by Gasteiger charge is 2.03. The lowest BCUT2D eigenvalue weighted by molar-refractivity contribution is 0.626. The Kier molecular flexibility index (Phi) is 1.61. The van der Waals surface area contributed by atoms with Crippen LogP contribution in [0.15, 0.2) is 30.5 Å². The minimum absolute atomic E-state index is 0.139. The van der Waals surface area contributed by atoms with E-state index in [0.29, 0.717) is 5.52 Å². The van der Waals surface area contributed by atoms with Gasteiger partial charge in [0, 0.05) is 18.1 Å². The second-order valence-electron chi connectivity index (χ2n) is 2.78. The maximum absolute atomic E-state index is 13.2. The van der Waals surface area contributed by atoms with Gasteiger partial charge in [-0.05, 0) is 19.1 Å². The van der Waals surface area contributed by atoms with E-state index in [1.807, 2.05) is 29.8 Å². The lowest BCUT2D eigenvalue weighted by atomic mass is 10.2. The number of nitrogens with zero attached hydrogens (tertiary/aromatic N) is 1. The minimum atomic E-state index is -0.139. The molecule has 1 heterocycles. The van der Waals surface area contributed by atoms with Crippen molar-refractivity contribution in [3.8, 4) is 0 Å². The first-order valence-corrected chi connectivity index (χ1v) is 4.06. The number of para-hydroxylation sites is 1. The first-order chi connectivity index (χ1) is 5.83. The van der Waals surface area contributed by atoms with Crippen LogP contribution in [0.5, 0.6) is 0 Å². The zero-order chi connectivity index (χ0) is 8.55. The molecule has 0 aliphatic rings. The summed E-state index contributed by atoms with van der Waals surface area (Å²) in [7, 11) is 0. The highest BCUT2D eigenvalue weighted by atomic mass is 19.1. The lowest BCUT2D eigenvalue weighted by Gasteiger charge is -2.00. The maximum Gasteiger partial charge on any atom is 0.147 e. The van der Waals surface area contributed by atoms with E-state index in [0.717, 1.165) is 11.9 Å². The largest absolute Gasteiger partial charge is 0.345 e. The smallest absolute Gasteiger partial charge is 0.147 e. The van der Waals surface area contributed by atoms with Gasteiger partial charge in [0.25, 0.3) is 0 Å². The molecule has 1 aromatic heterocycles. The van der Waals surface area contributed by atoms with E-state index in [-0.39, 0.29) is 5.82 Å². The average Bonchev–Trinajstić information content (AvgIpc) is 2.49. The summed E-state index contributed by atoms with van der Waals surface area (Å²) in [6.07, 6.45) is 1.91. The first kappa shape index (κ1) is 7.35. The van der Waals surface area contributed by atoms with Crippen LogP contribution in [0.2, 0.25) is 0 Å². The molecule has 0 saturated carbocycles. The standard InChI is InChI=1S/C10H10FN/c1-2-12-7-6-8-4-3-5-9(11)10(8)12/h3-7H,2H2,1H3. The first-order valence-electron chi connectivity index (χ1n) is 4.06. The second kappa shape index (κ2) is 2.63. The SMILES string of the molecule is CCn1ccc2cccc(F)c21. The van der Waals surface area contributed by atoms with Crippen LogP contribution in [0.1, 0.15) is 6.92 Å². The van der Waals surface area contributed by atoms with Crippen LogP contribution in [0.4, 0.5) is 4.39 Å². The summed E-state index contributed by atoms with van der Waals surface area (Å²) in [5.74, 6) is -0.139. The number of rotatable bonds is 1. The Morgan fingerprint density at radius 2 is 2.17 bits per heavy atom. The van der Waals surface area contributed by atoms with Gasteiger partial charge in [0.15, 0.2) is 0 Å². The van der Waals surface area contributed by atoms with Gasteiger partial charge in [-0.3, -0.25) is 0 Å². The number of halogens is 1.